The number of methoxy groups -OCH3 is 1. The van der Waals surface area contributed by atoms with Gasteiger partial charge in [0.25, 0.3) is 6.43 Å². The van der Waals surface area contributed by atoms with Gasteiger partial charge in [0.1, 0.15) is 10.8 Å². The van der Waals surface area contributed by atoms with Gasteiger partial charge in [-0.2, -0.15) is 13.2 Å². The van der Waals surface area contributed by atoms with Gasteiger partial charge in [0.05, 0.1) is 19.1 Å². The number of halogens is 6. The van der Waals surface area contributed by atoms with E-state index in [1.165, 1.54) is 0 Å². The fourth-order valence-corrected chi connectivity index (χ4v) is 1.62. The first-order valence-electron chi connectivity index (χ1n) is 4.78. The highest BCUT2D eigenvalue weighted by atomic mass is 35.5. The molecule has 0 unspecified atom stereocenters. The predicted molar refractivity (Wildman–Crippen MR) is 54.9 cm³/mol. The molecule has 19 heavy (non-hydrogen) atoms. The van der Waals surface area contributed by atoms with Crippen molar-refractivity contribution < 1.29 is 31.5 Å². The van der Waals surface area contributed by atoms with Crippen LogP contribution >= 0.6 is 11.6 Å². The van der Waals surface area contributed by atoms with E-state index in [1.54, 1.807) is 0 Å². The summed E-state index contributed by atoms with van der Waals surface area (Å²) in [4.78, 5) is 13.9. The molecule has 0 radical (unpaired) electrons. The standard InChI is InChI=1S/C10H7ClF5NO2/c1-19-6(18)3-4-2-5(10(14,15)16)17-8(11)7(4)9(12)13/h2,9H,3H2,1H3. The van der Waals surface area contributed by atoms with Crippen LogP contribution in [0.25, 0.3) is 0 Å². The third-order valence-corrected chi connectivity index (χ3v) is 2.46. The Bertz CT molecular complexity index is 490. The molecule has 0 aliphatic heterocycles. The average Bonchev–Trinajstić information content (AvgIpc) is 2.26. The van der Waals surface area contributed by atoms with Crippen molar-refractivity contribution in [2.45, 2.75) is 19.0 Å². The van der Waals surface area contributed by atoms with Gasteiger partial charge in [0, 0.05) is 0 Å². The van der Waals surface area contributed by atoms with E-state index in [0.717, 1.165) is 7.11 Å². The molecule has 0 aliphatic rings. The summed E-state index contributed by atoms with van der Waals surface area (Å²) in [6.07, 6.45) is -8.75. The fourth-order valence-electron chi connectivity index (χ4n) is 1.32. The number of ether oxygens (including phenoxy) is 1. The van der Waals surface area contributed by atoms with Gasteiger partial charge in [-0.15, -0.1) is 0 Å². The van der Waals surface area contributed by atoms with Crippen LogP contribution in [0.3, 0.4) is 0 Å². The molecule has 3 nitrogen and oxygen atoms in total. The summed E-state index contributed by atoms with van der Waals surface area (Å²) < 4.78 is 67.1. The summed E-state index contributed by atoms with van der Waals surface area (Å²) in [5.74, 6) is -0.961. The molecule has 0 fully saturated rings. The van der Waals surface area contributed by atoms with Crippen LogP contribution in [0.1, 0.15) is 23.2 Å². The number of nitrogens with zero attached hydrogens (tertiary/aromatic N) is 1. The van der Waals surface area contributed by atoms with Crippen molar-refractivity contribution in [1.29, 1.82) is 0 Å². The molecule has 1 aromatic rings. The summed E-state index contributed by atoms with van der Waals surface area (Å²) in [5, 5.41) is -0.983. The lowest BCUT2D eigenvalue weighted by molar-refractivity contribution is -0.142. The van der Waals surface area contributed by atoms with Crippen LogP contribution in [0.4, 0.5) is 22.0 Å². The lowest BCUT2D eigenvalue weighted by Gasteiger charge is -2.13. The Morgan fingerprint density at radius 2 is 2.05 bits per heavy atom. The lowest BCUT2D eigenvalue weighted by atomic mass is 10.1. The third-order valence-electron chi connectivity index (χ3n) is 2.17. The number of rotatable bonds is 3. The van der Waals surface area contributed by atoms with E-state index in [-0.39, 0.29) is 0 Å². The number of pyridine rings is 1. The maximum absolute atomic E-state index is 12.7. The predicted octanol–water partition coefficient (Wildman–Crippen LogP) is 3.41. The summed E-state index contributed by atoms with van der Waals surface area (Å²) in [7, 11) is 0.984. The Kier molecular flexibility index (Phi) is 4.67. The van der Waals surface area contributed by atoms with Crippen LogP contribution in [0, 0.1) is 0 Å². The van der Waals surface area contributed by atoms with Gasteiger partial charge in [-0.3, -0.25) is 4.79 Å². The Labute approximate surface area is 109 Å². The second kappa shape index (κ2) is 5.68. The Morgan fingerprint density at radius 1 is 1.47 bits per heavy atom. The van der Waals surface area contributed by atoms with E-state index in [1.807, 2.05) is 0 Å². The first-order valence-corrected chi connectivity index (χ1v) is 5.16. The Hall–Kier alpha value is -1.44. The fraction of sp³-hybridized carbons (Fsp3) is 0.400. The van der Waals surface area contributed by atoms with E-state index >= 15 is 0 Å². The van der Waals surface area contributed by atoms with E-state index in [0.29, 0.717) is 6.07 Å². The van der Waals surface area contributed by atoms with Crippen molar-refractivity contribution in [1.82, 2.24) is 4.98 Å². The van der Waals surface area contributed by atoms with Crippen LogP contribution in [-0.4, -0.2) is 18.1 Å². The third kappa shape index (κ3) is 3.76. The van der Waals surface area contributed by atoms with Crippen molar-refractivity contribution >= 4 is 17.6 Å². The zero-order valence-electron chi connectivity index (χ0n) is 9.39. The van der Waals surface area contributed by atoms with E-state index in [9.17, 15) is 26.7 Å². The van der Waals surface area contributed by atoms with Crippen molar-refractivity contribution in [3.8, 4) is 0 Å². The number of carbonyl (C=O) groups excluding carboxylic acids is 1. The molecule has 0 saturated carbocycles. The molecule has 0 bridgehead atoms. The number of carbonyl (C=O) groups is 1. The zero-order chi connectivity index (χ0) is 14.8. The van der Waals surface area contributed by atoms with Crippen LogP contribution < -0.4 is 0 Å². The van der Waals surface area contributed by atoms with Crippen molar-refractivity contribution in [3.63, 3.8) is 0 Å². The maximum atomic E-state index is 12.7. The number of hydrogen-bond donors (Lipinski definition) is 0. The summed E-state index contributed by atoms with van der Waals surface area (Å²) in [5.41, 5.74) is -2.91. The largest absolute Gasteiger partial charge is 0.469 e. The SMILES string of the molecule is COC(=O)Cc1cc(C(F)(F)F)nc(Cl)c1C(F)F. The molecule has 106 valence electrons. The zero-order valence-corrected chi connectivity index (χ0v) is 10.1. The topological polar surface area (TPSA) is 39.2 Å². The highest BCUT2D eigenvalue weighted by Gasteiger charge is 2.35. The summed E-state index contributed by atoms with van der Waals surface area (Å²) in [6.45, 7) is 0. The van der Waals surface area contributed by atoms with Crippen LogP contribution in [0.2, 0.25) is 5.15 Å². The van der Waals surface area contributed by atoms with Crippen molar-refractivity contribution in [2.75, 3.05) is 7.11 Å². The maximum Gasteiger partial charge on any atom is 0.433 e. The van der Waals surface area contributed by atoms with Gasteiger partial charge in [-0.1, -0.05) is 11.6 Å². The van der Waals surface area contributed by atoms with E-state index in [2.05, 4.69) is 9.72 Å². The van der Waals surface area contributed by atoms with Gasteiger partial charge < -0.3 is 4.74 Å². The van der Waals surface area contributed by atoms with Crippen molar-refractivity contribution in [2.24, 2.45) is 0 Å². The first-order chi connectivity index (χ1) is 8.66. The minimum Gasteiger partial charge on any atom is -0.469 e. The minimum atomic E-state index is -4.85. The molecule has 0 atom stereocenters. The molecule has 0 amide bonds. The highest BCUT2D eigenvalue weighted by Crippen LogP contribution is 2.35. The second-order valence-corrected chi connectivity index (χ2v) is 3.78. The van der Waals surface area contributed by atoms with Crippen molar-refractivity contribution in [3.05, 3.63) is 28.0 Å². The highest BCUT2D eigenvalue weighted by molar-refractivity contribution is 6.30. The molecular formula is C10H7ClF5NO2. The average molecular weight is 304 g/mol. The number of aromatic nitrogens is 1. The van der Waals surface area contributed by atoms with Gasteiger partial charge in [0.15, 0.2) is 0 Å². The molecular weight excluding hydrogens is 297 g/mol. The van der Waals surface area contributed by atoms with Gasteiger partial charge in [-0.25, -0.2) is 13.8 Å². The van der Waals surface area contributed by atoms with Gasteiger partial charge in [-0.05, 0) is 11.6 Å². The summed E-state index contributed by atoms with van der Waals surface area (Å²) >= 11 is 5.32. The van der Waals surface area contributed by atoms with Crippen LogP contribution in [0.15, 0.2) is 6.07 Å². The molecule has 0 aromatic carbocycles. The van der Waals surface area contributed by atoms with Gasteiger partial charge in [0.2, 0.25) is 0 Å². The first kappa shape index (κ1) is 15.6. The number of alkyl halides is 5. The van der Waals surface area contributed by atoms with Crippen LogP contribution in [-0.2, 0) is 22.1 Å². The second-order valence-electron chi connectivity index (χ2n) is 3.42. The molecule has 1 heterocycles. The number of hydrogen-bond acceptors (Lipinski definition) is 3. The monoisotopic (exact) mass is 303 g/mol. The Balaban J connectivity index is 3.37. The molecule has 0 aliphatic carbocycles. The smallest absolute Gasteiger partial charge is 0.433 e. The molecule has 0 N–H and O–H groups in total. The van der Waals surface area contributed by atoms with E-state index in [4.69, 9.17) is 11.6 Å². The van der Waals surface area contributed by atoms with Crippen LogP contribution in [0.5, 0.6) is 0 Å². The molecule has 1 aromatic heterocycles. The lowest BCUT2D eigenvalue weighted by Crippen LogP contribution is -2.14. The quantitative estimate of drug-likeness (QED) is 0.488. The molecule has 0 saturated heterocycles. The molecule has 9 heteroatoms. The molecule has 0 spiro atoms. The van der Waals surface area contributed by atoms with Gasteiger partial charge >= 0.3 is 12.1 Å². The number of esters is 1. The normalized spacial score (nSPS) is 11.8. The molecule has 1 rings (SSSR count). The summed E-state index contributed by atoms with van der Waals surface area (Å²) in [6, 6.07) is 0.365. The van der Waals surface area contributed by atoms with E-state index < -0.39 is 47.0 Å². The minimum absolute atomic E-state index is 0.365. The Morgan fingerprint density at radius 3 is 2.47 bits per heavy atom.